The molecule has 0 aliphatic carbocycles. The molecule has 0 aliphatic heterocycles. The van der Waals surface area contributed by atoms with E-state index in [2.05, 4.69) is 77.7 Å². The van der Waals surface area contributed by atoms with Gasteiger partial charge in [0.1, 0.15) is 0 Å². The Balaban J connectivity index is 2.08. The first-order chi connectivity index (χ1) is 8.58. The van der Waals surface area contributed by atoms with Crippen LogP contribution < -0.4 is 5.32 Å². The van der Waals surface area contributed by atoms with Crippen LogP contribution in [0, 0.1) is 6.92 Å². The Kier molecular flexibility index (Phi) is 4.60. The first kappa shape index (κ1) is 13.8. The molecule has 1 unspecified atom stereocenters. The van der Waals surface area contributed by atoms with Crippen molar-refractivity contribution in [3.8, 4) is 0 Å². The summed E-state index contributed by atoms with van der Waals surface area (Å²) in [5.74, 6) is 0. The monoisotopic (exact) mass is 323 g/mol. The highest BCUT2D eigenvalue weighted by Gasteiger charge is 2.13. The zero-order valence-electron chi connectivity index (χ0n) is 10.9. The van der Waals surface area contributed by atoms with E-state index < -0.39 is 0 Å². The van der Waals surface area contributed by atoms with E-state index in [4.69, 9.17) is 0 Å². The molecule has 18 heavy (non-hydrogen) atoms. The van der Waals surface area contributed by atoms with Crippen LogP contribution in [-0.2, 0) is 0 Å². The predicted molar refractivity (Wildman–Crippen MR) is 83.2 cm³/mol. The lowest BCUT2D eigenvalue weighted by atomic mass is 10.1. The molecule has 0 spiro atoms. The quantitative estimate of drug-likeness (QED) is 0.812. The Hall–Kier alpha value is -0.640. The largest absolute Gasteiger partial charge is 0.303 e. The summed E-state index contributed by atoms with van der Waals surface area (Å²) in [6, 6.07) is 11.4. The minimum atomic E-state index is 0.346. The third-order valence-electron chi connectivity index (χ3n) is 3.14. The molecule has 0 saturated heterocycles. The molecule has 2 rings (SSSR count). The number of hydrogen-bond acceptors (Lipinski definition) is 2. The van der Waals surface area contributed by atoms with Crippen molar-refractivity contribution in [2.75, 3.05) is 0 Å². The Bertz CT molecular complexity index is 521. The zero-order valence-corrected chi connectivity index (χ0v) is 13.3. The fourth-order valence-electron chi connectivity index (χ4n) is 2.15. The average molecular weight is 324 g/mol. The van der Waals surface area contributed by atoms with Crippen LogP contribution in [0.3, 0.4) is 0 Å². The maximum Gasteiger partial charge on any atom is 0.0393 e. The van der Waals surface area contributed by atoms with Gasteiger partial charge < -0.3 is 5.32 Å². The van der Waals surface area contributed by atoms with Crippen molar-refractivity contribution in [3.63, 3.8) is 0 Å². The SMILES string of the molecule is Cc1ccsc1C(C)N[C@H](C)c1cccc(Br)c1. The maximum absolute atomic E-state index is 3.66. The standard InChI is InChI=1S/C15H18BrNS/c1-10-7-8-18-15(10)12(3)17-11(2)13-5-4-6-14(16)9-13/h4-9,11-12,17H,1-3H3/t11-,12?/m1/s1. The van der Waals surface area contributed by atoms with Crippen molar-refractivity contribution < 1.29 is 0 Å². The predicted octanol–water partition coefficient (Wildman–Crippen LogP) is 5.23. The Labute approximate surface area is 121 Å². The van der Waals surface area contributed by atoms with E-state index in [9.17, 15) is 0 Å². The van der Waals surface area contributed by atoms with Crippen LogP contribution in [0.2, 0.25) is 0 Å². The molecule has 0 saturated carbocycles. The molecule has 96 valence electrons. The van der Waals surface area contributed by atoms with Crippen molar-refractivity contribution in [3.05, 3.63) is 56.2 Å². The van der Waals surface area contributed by atoms with Crippen LogP contribution >= 0.6 is 27.3 Å². The number of benzene rings is 1. The molecule has 1 heterocycles. The molecule has 1 aromatic heterocycles. The second kappa shape index (κ2) is 6.00. The van der Waals surface area contributed by atoms with E-state index >= 15 is 0 Å². The molecule has 2 atom stereocenters. The normalized spacial score (nSPS) is 14.4. The van der Waals surface area contributed by atoms with Gasteiger partial charge in [0, 0.05) is 21.4 Å². The van der Waals surface area contributed by atoms with Crippen molar-refractivity contribution in [1.29, 1.82) is 0 Å². The van der Waals surface area contributed by atoms with Crippen molar-refractivity contribution in [2.45, 2.75) is 32.9 Å². The fraction of sp³-hybridized carbons (Fsp3) is 0.333. The molecular formula is C15H18BrNS. The van der Waals surface area contributed by atoms with Crippen LogP contribution in [0.25, 0.3) is 0 Å². The molecule has 1 N–H and O–H groups in total. The number of rotatable bonds is 4. The van der Waals surface area contributed by atoms with Crippen LogP contribution in [0.15, 0.2) is 40.2 Å². The van der Waals surface area contributed by atoms with E-state index in [1.807, 2.05) is 11.3 Å². The highest BCUT2D eigenvalue weighted by atomic mass is 79.9. The third kappa shape index (κ3) is 3.22. The van der Waals surface area contributed by atoms with Crippen LogP contribution in [0.5, 0.6) is 0 Å². The molecule has 0 fully saturated rings. The summed E-state index contributed by atoms with van der Waals surface area (Å²) < 4.78 is 1.13. The molecule has 0 bridgehead atoms. The fourth-order valence-corrected chi connectivity index (χ4v) is 3.51. The van der Waals surface area contributed by atoms with Gasteiger partial charge in [-0.1, -0.05) is 28.1 Å². The molecule has 0 radical (unpaired) electrons. The van der Waals surface area contributed by atoms with Gasteiger partial charge in [-0.2, -0.15) is 0 Å². The lowest BCUT2D eigenvalue weighted by Gasteiger charge is -2.20. The Morgan fingerprint density at radius 1 is 1.17 bits per heavy atom. The Morgan fingerprint density at radius 2 is 1.94 bits per heavy atom. The smallest absolute Gasteiger partial charge is 0.0393 e. The molecule has 3 heteroatoms. The number of aryl methyl sites for hydroxylation is 1. The van der Waals surface area contributed by atoms with Gasteiger partial charge in [0.05, 0.1) is 0 Å². The average Bonchev–Trinajstić information content (AvgIpc) is 2.75. The summed E-state index contributed by atoms with van der Waals surface area (Å²) in [5.41, 5.74) is 2.69. The number of thiophene rings is 1. The number of hydrogen-bond donors (Lipinski definition) is 1. The lowest BCUT2D eigenvalue weighted by molar-refractivity contribution is 0.499. The summed E-state index contributed by atoms with van der Waals surface area (Å²) in [6.45, 7) is 6.61. The van der Waals surface area contributed by atoms with Gasteiger partial charge in [0.25, 0.3) is 0 Å². The molecular weight excluding hydrogens is 306 g/mol. The molecule has 0 amide bonds. The highest BCUT2D eigenvalue weighted by Crippen LogP contribution is 2.26. The first-order valence-electron chi connectivity index (χ1n) is 6.13. The van der Waals surface area contributed by atoms with Crippen molar-refractivity contribution >= 4 is 27.3 Å². The summed E-state index contributed by atoms with van der Waals surface area (Å²) in [5, 5.41) is 5.82. The van der Waals surface area contributed by atoms with Gasteiger partial charge in [0.2, 0.25) is 0 Å². The van der Waals surface area contributed by atoms with Gasteiger partial charge >= 0.3 is 0 Å². The van der Waals surface area contributed by atoms with Crippen molar-refractivity contribution in [2.24, 2.45) is 0 Å². The van der Waals surface area contributed by atoms with E-state index in [1.165, 1.54) is 16.0 Å². The van der Waals surface area contributed by atoms with E-state index in [0.717, 1.165) is 4.47 Å². The second-order valence-electron chi connectivity index (χ2n) is 4.63. The van der Waals surface area contributed by atoms with Crippen LogP contribution in [-0.4, -0.2) is 0 Å². The summed E-state index contributed by atoms with van der Waals surface area (Å²) in [6.07, 6.45) is 0. The minimum Gasteiger partial charge on any atom is -0.303 e. The first-order valence-corrected chi connectivity index (χ1v) is 7.80. The highest BCUT2D eigenvalue weighted by molar-refractivity contribution is 9.10. The zero-order chi connectivity index (χ0) is 13.1. The van der Waals surface area contributed by atoms with Gasteiger partial charge in [0.15, 0.2) is 0 Å². The molecule has 1 nitrogen and oxygen atoms in total. The van der Waals surface area contributed by atoms with Gasteiger partial charge in [-0.3, -0.25) is 0 Å². The summed E-state index contributed by atoms with van der Waals surface area (Å²) in [4.78, 5) is 1.43. The minimum absolute atomic E-state index is 0.346. The van der Waals surface area contributed by atoms with E-state index in [0.29, 0.717) is 12.1 Å². The third-order valence-corrected chi connectivity index (χ3v) is 4.84. The molecule has 1 aromatic carbocycles. The number of halogens is 1. The maximum atomic E-state index is 3.66. The van der Waals surface area contributed by atoms with E-state index in [-0.39, 0.29) is 0 Å². The summed E-state index contributed by atoms with van der Waals surface area (Å²) in [7, 11) is 0. The van der Waals surface area contributed by atoms with E-state index in [1.54, 1.807) is 0 Å². The molecule has 2 aromatic rings. The Morgan fingerprint density at radius 3 is 2.56 bits per heavy atom. The number of nitrogens with one attached hydrogen (secondary N) is 1. The topological polar surface area (TPSA) is 12.0 Å². The molecule has 0 aliphatic rings. The van der Waals surface area contributed by atoms with Gasteiger partial charge in [-0.15, -0.1) is 11.3 Å². The van der Waals surface area contributed by atoms with Gasteiger partial charge in [-0.25, -0.2) is 0 Å². The summed E-state index contributed by atoms with van der Waals surface area (Å²) >= 11 is 5.35. The lowest BCUT2D eigenvalue weighted by Crippen LogP contribution is -2.22. The van der Waals surface area contributed by atoms with Gasteiger partial charge in [-0.05, 0) is 55.5 Å². The van der Waals surface area contributed by atoms with Crippen LogP contribution in [0.4, 0.5) is 0 Å². The second-order valence-corrected chi connectivity index (χ2v) is 6.50. The van der Waals surface area contributed by atoms with Crippen LogP contribution in [0.1, 0.15) is 41.9 Å². The van der Waals surface area contributed by atoms with Crippen molar-refractivity contribution in [1.82, 2.24) is 5.32 Å².